The van der Waals surface area contributed by atoms with Gasteiger partial charge in [-0.1, -0.05) is 34.1 Å². The minimum Gasteiger partial charge on any atom is -0.355 e. The number of rotatable bonds is 7. The van der Waals surface area contributed by atoms with Crippen molar-refractivity contribution in [3.8, 4) is 0 Å². The molecule has 0 radical (unpaired) electrons. The van der Waals surface area contributed by atoms with E-state index in [1.165, 1.54) is 13.0 Å². The van der Waals surface area contributed by atoms with Crippen molar-refractivity contribution in [2.75, 3.05) is 45.8 Å². The zero-order valence-electron chi connectivity index (χ0n) is 13.9. The predicted molar refractivity (Wildman–Crippen MR) is 84.9 cm³/mol. The largest absolute Gasteiger partial charge is 0.355 e. The summed E-state index contributed by atoms with van der Waals surface area (Å²) in [5.74, 6) is 0.182. The van der Waals surface area contributed by atoms with Crippen LogP contribution >= 0.6 is 0 Å². The van der Waals surface area contributed by atoms with E-state index in [4.69, 9.17) is 0 Å². The summed E-state index contributed by atoms with van der Waals surface area (Å²) in [6.45, 7) is 15.8. The van der Waals surface area contributed by atoms with E-state index in [-0.39, 0.29) is 5.91 Å². The lowest BCUT2D eigenvalue weighted by molar-refractivity contribution is -0.122. The SMILES string of the molecule is CCCCNC(=O)CN1CCN(CCC(C)(C)C)CC1. The Hall–Kier alpha value is -0.610. The van der Waals surface area contributed by atoms with Gasteiger partial charge in [0.1, 0.15) is 0 Å². The number of carbonyl (C=O) groups is 1. The molecule has 0 unspecified atom stereocenters. The molecule has 0 aromatic rings. The molecule has 1 amide bonds. The van der Waals surface area contributed by atoms with Gasteiger partial charge in [-0.3, -0.25) is 9.69 Å². The third-order valence-electron chi connectivity index (χ3n) is 3.86. The van der Waals surface area contributed by atoms with Crippen LogP contribution in [0.25, 0.3) is 0 Å². The average molecular weight is 283 g/mol. The first-order chi connectivity index (χ1) is 9.40. The lowest BCUT2D eigenvalue weighted by Gasteiger charge is -2.35. The molecule has 4 nitrogen and oxygen atoms in total. The van der Waals surface area contributed by atoms with Crippen LogP contribution in [-0.2, 0) is 4.79 Å². The zero-order valence-corrected chi connectivity index (χ0v) is 13.9. The molecule has 1 N–H and O–H groups in total. The molecule has 1 rings (SSSR count). The fraction of sp³-hybridized carbons (Fsp3) is 0.938. The van der Waals surface area contributed by atoms with E-state index < -0.39 is 0 Å². The maximum absolute atomic E-state index is 11.8. The maximum atomic E-state index is 11.8. The summed E-state index contributed by atoms with van der Waals surface area (Å²) in [5, 5.41) is 2.99. The van der Waals surface area contributed by atoms with Crippen LogP contribution in [0.15, 0.2) is 0 Å². The van der Waals surface area contributed by atoms with Crippen LogP contribution in [0.4, 0.5) is 0 Å². The summed E-state index contributed by atoms with van der Waals surface area (Å²) in [6, 6.07) is 0. The van der Waals surface area contributed by atoms with Crippen LogP contribution in [0.1, 0.15) is 47.0 Å². The summed E-state index contributed by atoms with van der Waals surface area (Å²) < 4.78 is 0. The van der Waals surface area contributed by atoms with Gasteiger partial charge in [0.2, 0.25) is 5.91 Å². The first-order valence-corrected chi connectivity index (χ1v) is 8.12. The number of carbonyl (C=O) groups excluding carboxylic acids is 1. The van der Waals surface area contributed by atoms with Crippen LogP contribution in [0, 0.1) is 5.41 Å². The fourth-order valence-electron chi connectivity index (χ4n) is 2.33. The van der Waals surface area contributed by atoms with E-state index in [2.05, 4.69) is 42.8 Å². The quantitative estimate of drug-likeness (QED) is 0.726. The van der Waals surface area contributed by atoms with Crippen molar-refractivity contribution >= 4 is 5.91 Å². The smallest absolute Gasteiger partial charge is 0.234 e. The molecule has 1 aliphatic heterocycles. The Balaban J connectivity index is 2.14. The molecular weight excluding hydrogens is 250 g/mol. The molecule has 1 fully saturated rings. The standard InChI is InChI=1S/C16H33N3O/c1-5-6-8-17-15(20)14-19-12-10-18(11-13-19)9-7-16(2,3)4/h5-14H2,1-4H3,(H,17,20). The topological polar surface area (TPSA) is 35.6 Å². The number of nitrogens with zero attached hydrogens (tertiary/aromatic N) is 2. The Bertz CT molecular complexity index is 278. The van der Waals surface area contributed by atoms with Gasteiger partial charge in [0.05, 0.1) is 6.54 Å². The third kappa shape index (κ3) is 7.85. The van der Waals surface area contributed by atoms with E-state index >= 15 is 0 Å². The van der Waals surface area contributed by atoms with Gasteiger partial charge in [0.15, 0.2) is 0 Å². The second-order valence-corrected chi connectivity index (χ2v) is 7.13. The molecule has 0 aliphatic carbocycles. The lowest BCUT2D eigenvalue weighted by atomic mass is 9.92. The molecule has 118 valence electrons. The second-order valence-electron chi connectivity index (χ2n) is 7.13. The summed E-state index contributed by atoms with van der Waals surface area (Å²) in [6.07, 6.45) is 3.45. The van der Waals surface area contributed by atoms with Crippen molar-refractivity contribution in [3.63, 3.8) is 0 Å². The minimum atomic E-state index is 0.182. The van der Waals surface area contributed by atoms with E-state index in [9.17, 15) is 4.79 Å². The highest BCUT2D eigenvalue weighted by Crippen LogP contribution is 2.19. The molecular formula is C16H33N3O. The van der Waals surface area contributed by atoms with Crippen molar-refractivity contribution in [1.29, 1.82) is 0 Å². The Morgan fingerprint density at radius 2 is 1.70 bits per heavy atom. The number of nitrogens with one attached hydrogen (secondary N) is 1. The van der Waals surface area contributed by atoms with Gasteiger partial charge in [-0.2, -0.15) is 0 Å². The number of piperazine rings is 1. The molecule has 0 bridgehead atoms. The number of amides is 1. The Labute approximate surface area is 124 Å². The highest BCUT2D eigenvalue weighted by atomic mass is 16.2. The first-order valence-electron chi connectivity index (χ1n) is 8.12. The van der Waals surface area contributed by atoms with Crippen molar-refractivity contribution in [2.24, 2.45) is 5.41 Å². The maximum Gasteiger partial charge on any atom is 0.234 e. The van der Waals surface area contributed by atoms with Crippen LogP contribution < -0.4 is 5.32 Å². The van der Waals surface area contributed by atoms with E-state index in [0.717, 1.165) is 45.6 Å². The van der Waals surface area contributed by atoms with Crippen LogP contribution in [-0.4, -0.2) is 61.5 Å². The number of unbranched alkanes of at least 4 members (excludes halogenated alkanes) is 1. The Morgan fingerprint density at radius 1 is 1.10 bits per heavy atom. The van der Waals surface area contributed by atoms with Crippen LogP contribution in [0.2, 0.25) is 0 Å². The molecule has 0 aromatic carbocycles. The van der Waals surface area contributed by atoms with Crippen molar-refractivity contribution in [1.82, 2.24) is 15.1 Å². The number of hydrogen-bond donors (Lipinski definition) is 1. The van der Waals surface area contributed by atoms with Gasteiger partial charge >= 0.3 is 0 Å². The van der Waals surface area contributed by atoms with Gasteiger partial charge in [-0.05, 0) is 24.8 Å². The molecule has 20 heavy (non-hydrogen) atoms. The Kier molecular flexibility index (Phi) is 7.52. The molecule has 0 atom stereocenters. The van der Waals surface area contributed by atoms with Crippen LogP contribution in [0.5, 0.6) is 0 Å². The summed E-state index contributed by atoms with van der Waals surface area (Å²) in [5.41, 5.74) is 0.413. The monoisotopic (exact) mass is 283 g/mol. The van der Waals surface area contributed by atoms with Gasteiger partial charge in [-0.25, -0.2) is 0 Å². The normalized spacial score (nSPS) is 18.2. The molecule has 1 saturated heterocycles. The van der Waals surface area contributed by atoms with E-state index in [1.54, 1.807) is 0 Å². The summed E-state index contributed by atoms with van der Waals surface area (Å²) in [7, 11) is 0. The van der Waals surface area contributed by atoms with E-state index in [1.807, 2.05) is 0 Å². The molecule has 0 saturated carbocycles. The summed E-state index contributed by atoms with van der Waals surface area (Å²) >= 11 is 0. The molecule has 1 aliphatic rings. The van der Waals surface area contributed by atoms with Crippen molar-refractivity contribution in [3.05, 3.63) is 0 Å². The Morgan fingerprint density at radius 3 is 2.25 bits per heavy atom. The fourth-order valence-corrected chi connectivity index (χ4v) is 2.33. The third-order valence-corrected chi connectivity index (χ3v) is 3.86. The highest BCUT2D eigenvalue weighted by Gasteiger charge is 2.20. The van der Waals surface area contributed by atoms with E-state index in [0.29, 0.717) is 12.0 Å². The van der Waals surface area contributed by atoms with Crippen LogP contribution in [0.3, 0.4) is 0 Å². The first kappa shape index (κ1) is 17.4. The lowest BCUT2D eigenvalue weighted by Crippen LogP contribution is -2.49. The van der Waals surface area contributed by atoms with Crippen molar-refractivity contribution in [2.45, 2.75) is 47.0 Å². The average Bonchev–Trinajstić information content (AvgIpc) is 2.37. The van der Waals surface area contributed by atoms with Gasteiger partial charge in [0.25, 0.3) is 0 Å². The molecule has 0 aromatic heterocycles. The predicted octanol–water partition coefficient (Wildman–Crippen LogP) is 1.96. The summed E-state index contributed by atoms with van der Waals surface area (Å²) in [4.78, 5) is 16.6. The van der Waals surface area contributed by atoms with Gasteiger partial charge in [0, 0.05) is 32.7 Å². The molecule has 0 spiro atoms. The van der Waals surface area contributed by atoms with Gasteiger partial charge < -0.3 is 10.2 Å². The van der Waals surface area contributed by atoms with Crippen molar-refractivity contribution < 1.29 is 4.79 Å². The highest BCUT2D eigenvalue weighted by molar-refractivity contribution is 5.77. The molecule has 1 heterocycles. The second kappa shape index (κ2) is 8.63. The minimum absolute atomic E-state index is 0.182. The van der Waals surface area contributed by atoms with Gasteiger partial charge in [-0.15, -0.1) is 0 Å². The molecule has 4 heteroatoms. The number of hydrogen-bond acceptors (Lipinski definition) is 3. The zero-order chi connectivity index (χ0) is 15.0.